The number of pyridine rings is 1. The second kappa shape index (κ2) is 11.4. The summed E-state index contributed by atoms with van der Waals surface area (Å²) < 4.78 is 5.35. The Balaban J connectivity index is 0.00000182. The molecule has 1 aromatic heterocycles. The molecule has 1 amide bonds. The van der Waals surface area contributed by atoms with Gasteiger partial charge in [0, 0.05) is 30.4 Å². The predicted octanol–water partition coefficient (Wildman–Crippen LogP) is 1.69. The maximum Gasteiger partial charge on any atom is 0.238 e. The number of amides is 1. The van der Waals surface area contributed by atoms with Gasteiger partial charge in [-0.2, -0.15) is 0 Å². The largest absolute Gasteiger partial charge is 0.378 e. The summed E-state index contributed by atoms with van der Waals surface area (Å²) in [6.45, 7) is 3.22. The molecule has 6 nitrogen and oxygen atoms in total. The predicted molar refractivity (Wildman–Crippen MR) is 110 cm³/mol. The Morgan fingerprint density at radius 3 is 2.30 bits per heavy atom. The third kappa shape index (κ3) is 6.74. The van der Waals surface area contributed by atoms with Crippen molar-refractivity contribution in [3.8, 4) is 11.8 Å². The first-order valence-corrected chi connectivity index (χ1v) is 8.14. The van der Waals surface area contributed by atoms with E-state index in [2.05, 4.69) is 27.2 Å². The summed E-state index contributed by atoms with van der Waals surface area (Å²) in [6, 6.07) is 11.5. The molecule has 0 saturated carbocycles. The molecule has 2 aromatic rings. The number of hydrazine groups is 1. The molecule has 0 radical (unpaired) electrons. The second-order valence-electron chi connectivity index (χ2n) is 5.70. The molecule has 0 unspecified atom stereocenters. The molecule has 0 spiro atoms. The quantitative estimate of drug-likeness (QED) is 0.349. The van der Waals surface area contributed by atoms with E-state index in [0.717, 1.165) is 48.8 Å². The van der Waals surface area contributed by atoms with Crippen molar-refractivity contribution in [3.63, 3.8) is 0 Å². The molecule has 1 fully saturated rings. The lowest BCUT2D eigenvalue weighted by Crippen LogP contribution is -2.36. The van der Waals surface area contributed by atoms with Crippen LogP contribution in [-0.4, -0.2) is 37.2 Å². The first-order valence-electron chi connectivity index (χ1n) is 8.14. The number of carbonyl (C=O) groups is 1. The van der Waals surface area contributed by atoms with Gasteiger partial charge in [0.05, 0.1) is 19.6 Å². The first-order chi connectivity index (χ1) is 12.2. The Kier molecular flexibility index (Phi) is 9.62. The summed E-state index contributed by atoms with van der Waals surface area (Å²) in [5, 5.41) is 0. The monoisotopic (exact) mass is 408 g/mol. The zero-order valence-electron chi connectivity index (χ0n) is 14.7. The van der Waals surface area contributed by atoms with E-state index >= 15 is 0 Å². The smallest absolute Gasteiger partial charge is 0.238 e. The summed E-state index contributed by atoms with van der Waals surface area (Å²) in [4.78, 5) is 17.9. The van der Waals surface area contributed by atoms with Crippen LogP contribution in [0.15, 0.2) is 42.6 Å². The number of nitrogens with two attached hydrogens (primary N) is 1. The molecule has 1 aromatic carbocycles. The van der Waals surface area contributed by atoms with E-state index in [1.54, 1.807) is 6.20 Å². The third-order valence-electron chi connectivity index (χ3n) is 3.91. The lowest BCUT2D eigenvalue weighted by Gasteiger charge is -2.27. The Labute approximate surface area is 171 Å². The molecule has 1 aliphatic rings. The fourth-order valence-corrected chi connectivity index (χ4v) is 2.53. The van der Waals surface area contributed by atoms with Gasteiger partial charge in [0.25, 0.3) is 0 Å². The van der Waals surface area contributed by atoms with E-state index in [1.807, 2.05) is 36.4 Å². The van der Waals surface area contributed by atoms with Crippen LogP contribution in [0.4, 0.5) is 5.82 Å². The van der Waals surface area contributed by atoms with Gasteiger partial charge < -0.3 is 9.64 Å². The molecule has 3 N–H and O–H groups in total. The van der Waals surface area contributed by atoms with Crippen LogP contribution in [0.2, 0.25) is 0 Å². The average Bonchev–Trinajstić information content (AvgIpc) is 2.68. The van der Waals surface area contributed by atoms with Crippen molar-refractivity contribution in [2.24, 2.45) is 5.84 Å². The highest BCUT2D eigenvalue weighted by atomic mass is 35.5. The van der Waals surface area contributed by atoms with E-state index in [1.165, 1.54) is 0 Å². The minimum atomic E-state index is -0.217. The number of ether oxygens (including phenoxy) is 1. The Bertz CT molecular complexity index is 780. The van der Waals surface area contributed by atoms with E-state index in [0.29, 0.717) is 0 Å². The number of morpholine rings is 1. The van der Waals surface area contributed by atoms with Crippen LogP contribution in [0, 0.1) is 11.8 Å². The SMILES string of the molecule is Cl.Cl.NNC(=O)Cc1ccc(C#Cc2ccc(N3CCOCC3)nc2)cc1. The van der Waals surface area contributed by atoms with Crippen LogP contribution < -0.4 is 16.2 Å². The average molecular weight is 409 g/mol. The van der Waals surface area contributed by atoms with Gasteiger partial charge in [-0.15, -0.1) is 24.8 Å². The van der Waals surface area contributed by atoms with Crippen molar-refractivity contribution in [1.82, 2.24) is 10.4 Å². The number of nitrogens with zero attached hydrogens (tertiary/aromatic N) is 2. The van der Waals surface area contributed by atoms with Crippen molar-refractivity contribution >= 4 is 36.5 Å². The fourth-order valence-electron chi connectivity index (χ4n) is 2.53. The van der Waals surface area contributed by atoms with E-state index in [4.69, 9.17) is 10.6 Å². The molecule has 8 heteroatoms. The van der Waals surface area contributed by atoms with Gasteiger partial charge in [-0.25, -0.2) is 10.8 Å². The Morgan fingerprint density at radius 1 is 1.07 bits per heavy atom. The number of hydrogen-bond donors (Lipinski definition) is 2. The molecule has 1 aliphatic heterocycles. The minimum absolute atomic E-state index is 0. The van der Waals surface area contributed by atoms with Gasteiger partial charge in [0.2, 0.25) is 5.91 Å². The molecular weight excluding hydrogens is 387 g/mol. The van der Waals surface area contributed by atoms with Gasteiger partial charge in [-0.1, -0.05) is 24.0 Å². The summed E-state index contributed by atoms with van der Waals surface area (Å²) in [7, 11) is 0. The first kappa shape index (κ1) is 22.7. The van der Waals surface area contributed by atoms with Crippen LogP contribution in [0.3, 0.4) is 0 Å². The van der Waals surface area contributed by atoms with Gasteiger partial charge in [0.1, 0.15) is 5.82 Å². The second-order valence-corrected chi connectivity index (χ2v) is 5.70. The van der Waals surface area contributed by atoms with Crippen molar-refractivity contribution < 1.29 is 9.53 Å². The van der Waals surface area contributed by atoms with Gasteiger partial charge in [0.15, 0.2) is 0 Å². The van der Waals surface area contributed by atoms with Crippen molar-refractivity contribution in [2.45, 2.75) is 6.42 Å². The number of anilines is 1. The topological polar surface area (TPSA) is 80.5 Å². The summed E-state index contributed by atoms with van der Waals surface area (Å²) in [6.07, 6.45) is 2.05. The van der Waals surface area contributed by atoms with E-state index < -0.39 is 0 Å². The molecule has 0 aliphatic carbocycles. The summed E-state index contributed by atoms with van der Waals surface area (Å²) in [5.74, 6) is 12.0. The van der Waals surface area contributed by atoms with E-state index in [-0.39, 0.29) is 37.1 Å². The number of nitrogens with one attached hydrogen (secondary N) is 1. The summed E-state index contributed by atoms with van der Waals surface area (Å²) in [5.41, 5.74) is 4.76. The van der Waals surface area contributed by atoms with Gasteiger partial charge >= 0.3 is 0 Å². The molecule has 27 heavy (non-hydrogen) atoms. The van der Waals surface area contributed by atoms with E-state index in [9.17, 15) is 4.79 Å². The maximum absolute atomic E-state index is 11.2. The molecule has 144 valence electrons. The van der Waals surface area contributed by atoms with Crippen LogP contribution in [0.25, 0.3) is 0 Å². The van der Waals surface area contributed by atoms with Crippen molar-refractivity contribution in [2.75, 3.05) is 31.2 Å². The molecule has 3 rings (SSSR count). The Morgan fingerprint density at radius 2 is 1.70 bits per heavy atom. The molecule has 0 atom stereocenters. The standard InChI is InChI=1S/C19H20N4O2.2ClH/c20-22-19(24)13-16-4-1-15(2-5-16)3-6-17-7-8-18(21-14-17)23-9-11-25-12-10-23;;/h1-2,4-5,7-8,14H,9-13,20H2,(H,22,24);2*1H. The van der Waals surface area contributed by atoms with Crippen LogP contribution >= 0.6 is 24.8 Å². The number of halogens is 2. The molecular formula is C19H22Cl2N4O2. The normalized spacial score (nSPS) is 12.7. The zero-order chi connectivity index (χ0) is 17.5. The van der Waals surface area contributed by atoms with Crippen LogP contribution in [0.5, 0.6) is 0 Å². The number of aromatic nitrogens is 1. The Hall–Kier alpha value is -2.30. The number of carbonyl (C=O) groups excluding carboxylic acids is 1. The lowest BCUT2D eigenvalue weighted by molar-refractivity contribution is -0.120. The molecule has 1 saturated heterocycles. The summed E-state index contributed by atoms with van der Waals surface area (Å²) >= 11 is 0. The van der Waals surface area contributed by atoms with Crippen molar-refractivity contribution in [3.05, 3.63) is 59.3 Å². The van der Waals surface area contributed by atoms with Crippen LogP contribution in [0.1, 0.15) is 16.7 Å². The van der Waals surface area contributed by atoms with Crippen molar-refractivity contribution in [1.29, 1.82) is 0 Å². The van der Waals surface area contributed by atoms with Gasteiger partial charge in [-0.05, 0) is 29.8 Å². The highest BCUT2D eigenvalue weighted by Crippen LogP contribution is 2.12. The van der Waals surface area contributed by atoms with Gasteiger partial charge in [-0.3, -0.25) is 10.2 Å². The van der Waals surface area contributed by atoms with Crippen LogP contribution in [-0.2, 0) is 16.0 Å². The fraction of sp³-hybridized carbons (Fsp3) is 0.263. The molecule has 2 heterocycles. The minimum Gasteiger partial charge on any atom is -0.378 e. The highest BCUT2D eigenvalue weighted by Gasteiger charge is 2.11. The molecule has 0 bridgehead atoms. The number of rotatable bonds is 3. The maximum atomic E-state index is 11.2. The zero-order valence-corrected chi connectivity index (χ0v) is 16.3. The third-order valence-corrected chi connectivity index (χ3v) is 3.91. The highest BCUT2D eigenvalue weighted by molar-refractivity contribution is 5.85. The number of hydrogen-bond acceptors (Lipinski definition) is 5. The number of benzene rings is 1. The lowest BCUT2D eigenvalue weighted by atomic mass is 10.1.